The highest BCUT2D eigenvalue weighted by atomic mass is 14.9. The molecule has 0 atom stereocenters. The molecule has 0 unspecified atom stereocenters. The third-order valence-corrected chi connectivity index (χ3v) is 3.63. The Bertz CT molecular complexity index is 614. The van der Waals surface area contributed by atoms with E-state index in [-0.39, 0.29) is 0 Å². The average molecular weight is 273 g/mol. The molecule has 3 aromatic carbocycles. The number of nitrogens with one attached hydrogen (secondary N) is 1. The molecule has 1 heterocycles. The minimum absolute atomic E-state index is 1.05. The zero-order valence-electron chi connectivity index (χ0n) is 12.0. The molecule has 1 aliphatic rings. The maximum absolute atomic E-state index is 3.29. The Kier molecular flexibility index (Phi) is 4.45. The summed E-state index contributed by atoms with van der Waals surface area (Å²) in [5.41, 5.74) is 5.46. The van der Waals surface area contributed by atoms with E-state index in [9.17, 15) is 0 Å². The summed E-state index contributed by atoms with van der Waals surface area (Å²) in [6.07, 6.45) is 0. The highest BCUT2D eigenvalue weighted by Crippen LogP contribution is 2.17. The van der Waals surface area contributed by atoms with Gasteiger partial charge in [-0.3, -0.25) is 0 Å². The van der Waals surface area contributed by atoms with E-state index in [2.05, 4.69) is 78.1 Å². The van der Waals surface area contributed by atoms with Crippen molar-refractivity contribution >= 4 is 0 Å². The predicted octanol–water partition coefficient (Wildman–Crippen LogP) is 4.64. The molecule has 0 aliphatic carbocycles. The molecule has 4 rings (SSSR count). The van der Waals surface area contributed by atoms with Gasteiger partial charge in [-0.1, -0.05) is 84.9 Å². The van der Waals surface area contributed by atoms with Gasteiger partial charge in [0.05, 0.1) is 0 Å². The van der Waals surface area contributed by atoms with Gasteiger partial charge in [0.1, 0.15) is 0 Å². The summed E-state index contributed by atoms with van der Waals surface area (Å²) in [6, 6.07) is 29.3. The molecule has 3 aromatic rings. The lowest BCUT2D eigenvalue weighted by atomic mass is 10.1. The van der Waals surface area contributed by atoms with Crippen molar-refractivity contribution in [2.75, 3.05) is 0 Å². The van der Waals surface area contributed by atoms with E-state index in [1.54, 1.807) is 0 Å². The smallest absolute Gasteiger partial charge is 0.0211 e. The molecule has 1 nitrogen and oxygen atoms in total. The van der Waals surface area contributed by atoms with Gasteiger partial charge in [-0.25, -0.2) is 0 Å². The first-order chi connectivity index (χ1) is 10.4. The van der Waals surface area contributed by atoms with E-state index in [0.717, 1.165) is 13.1 Å². The molecule has 1 heteroatoms. The average Bonchev–Trinajstić information content (AvgIpc) is 3.06. The van der Waals surface area contributed by atoms with E-state index < -0.39 is 0 Å². The van der Waals surface area contributed by atoms with Crippen LogP contribution in [0.1, 0.15) is 11.1 Å². The van der Waals surface area contributed by atoms with Crippen LogP contribution in [0.5, 0.6) is 0 Å². The first kappa shape index (κ1) is 13.6. The molecule has 0 saturated heterocycles. The molecule has 1 N–H and O–H groups in total. The summed E-state index contributed by atoms with van der Waals surface area (Å²) in [5, 5.41) is 3.29. The molecule has 1 aliphatic heterocycles. The number of hydrogen-bond donors (Lipinski definition) is 1. The summed E-state index contributed by atoms with van der Waals surface area (Å²) < 4.78 is 0. The SMILES string of the molecule is c1ccc(-c2ccccc2)cc1.c1ccc2c(c1)CNC2. The second-order valence-corrected chi connectivity index (χ2v) is 5.10. The van der Waals surface area contributed by atoms with Crippen molar-refractivity contribution in [1.29, 1.82) is 0 Å². The highest BCUT2D eigenvalue weighted by Gasteiger charge is 2.06. The van der Waals surface area contributed by atoms with Crippen LogP contribution >= 0.6 is 0 Å². The second kappa shape index (κ2) is 6.87. The van der Waals surface area contributed by atoms with Gasteiger partial charge in [0, 0.05) is 13.1 Å². The third-order valence-electron chi connectivity index (χ3n) is 3.63. The number of benzene rings is 3. The van der Waals surface area contributed by atoms with E-state index in [1.807, 2.05) is 12.1 Å². The quantitative estimate of drug-likeness (QED) is 0.681. The van der Waals surface area contributed by atoms with Gasteiger partial charge >= 0.3 is 0 Å². The fourth-order valence-electron chi connectivity index (χ4n) is 2.50. The fraction of sp³-hybridized carbons (Fsp3) is 0.100. The monoisotopic (exact) mass is 273 g/mol. The molecule has 104 valence electrons. The van der Waals surface area contributed by atoms with Crippen LogP contribution in [-0.2, 0) is 13.1 Å². The van der Waals surface area contributed by atoms with E-state index in [0.29, 0.717) is 0 Å². The first-order valence-electron chi connectivity index (χ1n) is 7.31. The van der Waals surface area contributed by atoms with Gasteiger partial charge < -0.3 is 5.32 Å². The van der Waals surface area contributed by atoms with Crippen molar-refractivity contribution < 1.29 is 0 Å². The Morgan fingerprint density at radius 2 is 0.857 bits per heavy atom. The molecular weight excluding hydrogens is 254 g/mol. The predicted molar refractivity (Wildman–Crippen MR) is 88.9 cm³/mol. The maximum atomic E-state index is 3.29. The zero-order valence-corrected chi connectivity index (χ0v) is 12.0. The van der Waals surface area contributed by atoms with Crippen LogP contribution < -0.4 is 5.32 Å². The van der Waals surface area contributed by atoms with E-state index >= 15 is 0 Å². The minimum Gasteiger partial charge on any atom is -0.309 e. The lowest BCUT2D eigenvalue weighted by Gasteiger charge is -1.98. The van der Waals surface area contributed by atoms with Crippen LogP contribution in [0.2, 0.25) is 0 Å². The Morgan fingerprint density at radius 3 is 1.29 bits per heavy atom. The van der Waals surface area contributed by atoms with Gasteiger partial charge in [-0.15, -0.1) is 0 Å². The van der Waals surface area contributed by atoms with Crippen molar-refractivity contribution in [2.45, 2.75) is 13.1 Å². The molecule has 0 saturated carbocycles. The summed E-state index contributed by atoms with van der Waals surface area (Å²) in [4.78, 5) is 0. The summed E-state index contributed by atoms with van der Waals surface area (Å²) in [5.74, 6) is 0. The highest BCUT2D eigenvalue weighted by molar-refractivity contribution is 5.62. The van der Waals surface area contributed by atoms with Gasteiger partial charge in [0.15, 0.2) is 0 Å². The van der Waals surface area contributed by atoms with Crippen molar-refractivity contribution in [3.63, 3.8) is 0 Å². The molecule has 21 heavy (non-hydrogen) atoms. The maximum Gasteiger partial charge on any atom is 0.0211 e. The lowest BCUT2D eigenvalue weighted by molar-refractivity contribution is 0.765. The Hall–Kier alpha value is -2.38. The summed E-state index contributed by atoms with van der Waals surface area (Å²) in [7, 11) is 0. The number of hydrogen-bond acceptors (Lipinski definition) is 1. The number of fused-ring (bicyclic) bond motifs is 1. The Morgan fingerprint density at radius 1 is 0.476 bits per heavy atom. The topological polar surface area (TPSA) is 12.0 Å². The third kappa shape index (κ3) is 3.59. The van der Waals surface area contributed by atoms with Crippen molar-refractivity contribution in [2.24, 2.45) is 0 Å². The van der Waals surface area contributed by atoms with Gasteiger partial charge in [-0.2, -0.15) is 0 Å². The van der Waals surface area contributed by atoms with Crippen LogP contribution in [-0.4, -0.2) is 0 Å². The van der Waals surface area contributed by atoms with Crippen molar-refractivity contribution in [3.05, 3.63) is 96.1 Å². The van der Waals surface area contributed by atoms with Crippen LogP contribution in [0.4, 0.5) is 0 Å². The van der Waals surface area contributed by atoms with Crippen LogP contribution in [0.3, 0.4) is 0 Å². The molecule has 0 spiro atoms. The largest absolute Gasteiger partial charge is 0.309 e. The molecular formula is C20H19N. The Labute approximate surface area is 126 Å². The Balaban J connectivity index is 0.000000131. The number of rotatable bonds is 1. The zero-order chi connectivity index (χ0) is 14.3. The standard InChI is InChI=1S/C12H10.C8H9N/c1-3-7-11(8-4-1)12-9-5-2-6-10-12;1-2-4-8-6-9-5-7(8)3-1/h1-10H;1-4,9H,5-6H2. The second-order valence-electron chi connectivity index (χ2n) is 5.10. The molecule has 0 aromatic heterocycles. The molecule has 0 amide bonds. The van der Waals surface area contributed by atoms with E-state index in [4.69, 9.17) is 0 Å². The van der Waals surface area contributed by atoms with Crippen LogP contribution in [0, 0.1) is 0 Å². The minimum atomic E-state index is 1.05. The van der Waals surface area contributed by atoms with E-state index in [1.165, 1.54) is 22.3 Å². The van der Waals surface area contributed by atoms with Gasteiger partial charge in [0.2, 0.25) is 0 Å². The van der Waals surface area contributed by atoms with Crippen LogP contribution in [0.15, 0.2) is 84.9 Å². The van der Waals surface area contributed by atoms with Crippen LogP contribution in [0.25, 0.3) is 11.1 Å². The van der Waals surface area contributed by atoms with Gasteiger partial charge in [0.25, 0.3) is 0 Å². The lowest BCUT2D eigenvalue weighted by Crippen LogP contribution is -1.99. The summed E-state index contributed by atoms with van der Waals surface area (Å²) >= 11 is 0. The van der Waals surface area contributed by atoms with Crippen molar-refractivity contribution in [3.8, 4) is 11.1 Å². The fourth-order valence-corrected chi connectivity index (χ4v) is 2.50. The first-order valence-corrected chi connectivity index (χ1v) is 7.31. The summed E-state index contributed by atoms with van der Waals surface area (Å²) in [6.45, 7) is 2.10. The molecule has 0 bridgehead atoms. The molecule has 0 radical (unpaired) electrons. The normalized spacial score (nSPS) is 12.2. The molecule has 0 fully saturated rings. The van der Waals surface area contributed by atoms with Crippen molar-refractivity contribution in [1.82, 2.24) is 5.32 Å². The van der Waals surface area contributed by atoms with Gasteiger partial charge in [-0.05, 0) is 22.3 Å².